The van der Waals surface area contributed by atoms with Crippen LogP contribution in [-0.4, -0.2) is 135 Å². The molecular formula is C44H67N5O10. The van der Waals surface area contributed by atoms with Crippen LogP contribution in [0.5, 0.6) is 0 Å². The Morgan fingerprint density at radius 2 is 1.78 bits per heavy atom. The van der Waals surface area contributed by atoms with E-state index in [1.165, 1.54) is 14.0 Å². The number of carbonyl (C=O) groups is 4. The second-order valence-corrected chi connectivity index (χ2v) is 17.8. The van der Waals surface area contributed by atoms with Crippen LogP contribution in [0.3, 0.4) is 0 Å². The number of ketones is 2. The molecule has 0 saturated carbocycles. The first-order valence-electron chi connectivity index (χ1n) is 21.2. The van der Waals surface area contributed by atoms with E-state index in [0.29, 0.717) is 19.3 Å². The number of Topliss-reactive ketones (excluding diaryl/α,β-unsaturated/α-hetero) is 2. The number of ether oxygens (including phenoxy) is 5. The number of aliphatic hydroxyl groups excluding tert-OH is 1. The molecule has 0 radical (unpaired) electrons. The number of fused-ring (bicyclic) bond motifs is 1. The zero-order valence-corrected chi connectivity index (χ0v) is 37.0. The Balaban J connectivity index is 1.45. The highest BCUT2D eigenvalue weighted by Crippen LogP contribution is 2.43. The number of aromatic nitrogens is 3. The number of hydrogen-bond acceptors (Lipinski definition) is 13. The van der Waals surface area contributed by atoms with Crippen LogP contribution in [0, 0.1) is 23.7 Å². The van der Waals surface area contributed by atoms with Crippen LogP contribution in [0.4, 0.5) is 4.79 Å². The normalized spacial score (nSPS) is 36.8. The van der Waals surface area contributed by atoms with Crippen LogP contribution in [-0.2, 0) is 38.1 Å². The van der Waals surface area contributed by atoms with Gasteiger partial charge in [0.25, 0.3) is 0 Å². The fraction of sp³-hybridized carbons (Fsp3) is 0.727. The van der Waals surface area contributed by atoms with Gasteiger partial charge in [-0.05, 0) is 93.0 Å². The minimum atomic E-state index is -1.41. The topological polar surface area (TPSA) is 172 Å². The van der Waals surface area contributed by atoms with E-state index in [2.05, 4.69) is 16.9 Å². The number of nitrogens with zero attached hydrogens (tertiary/aromatic N) is 5. The summed E-state index contributed by atoms with van der Waals surface area (Å²) >= 11 is 0. The van der Waals surface area contributed by atoms with E-state index in [1.807, 2.05) is 62.7 Å². The molecule has 0 aromatic carbocycles. The van der Waals surface area contributed by atoms with Gasteiger partial charge in [-0.1, -0.05) is 27.7 Å². The fourth-order valence-electron chi connectivity index (χ4n) is 9.66. The molecule has 2 unspecified atom stereocenters. The maximum atomic E-state index is 14.8. The lowest BCUT2D eigenvalue weighted by Gasteiger charge is -2.47. The van der Waals surface area contributed by atoms with Crippen molar-refractivity contribution < 1.29 is 48.0 Å². The number of likely N-dealkylation sites (N-methyl/N-ethyl adjacent to an activating group) is 1. The van der Waals surface area contributed by atoms with E-state index in [-0.39, 0.29) is 43.4 Å². The summed E-state index contributed by atoms with van der Waals surface area (Å²) in [7, 11) is 5.24. The maximum Gasteiger partial charge on any atom is 0.410 e. The molecule has 0 aliphatic carbocycles. The highest BCUT2D eigenvalue weighted by atomic mass is 16.7. The molecule has 14 atom stereocenters. The molecule has 15 nitrogen and oxygen atoms in total. The summed E-state index contributed by atoms with van der Waals surface area (Å²) in [5.74, 6) is -4.97. The quantitative estimate of drug-likeness (QED) is 0.223. The number of imidazole rings is 1. The van der Waals surface area contributed by atoms with E-state index in [4.69, 9.17) is 23.7 Å². The van der Waals surface area contributed by atoms with Crippen molar-refractivity contribution in [1.82, 2.24) is 24.3 Å². The molecular weight excluding hydrogens is 759 g/mol. The van der Waals surface area contributed by atoms with Gasteiger partial charge in [0.05, 0.1) is 35.9 Å². The first kappa shape index (κ1) is 46.3. The predicted molar refractivity (Wildman–Crippen MR) is 219 cm³/mol. The van der Waals surface area contributed by atoms with E-state index in [9.17, 15) is 24.3 Å². The van der Waals surface area contributed by atoms with Crippen LogP contribution in [0.2, 0.25) is 0 Å². The highest BCUT2D eigenvalue weighted by Gasteiger charge is 2.60. The zero-order valence-electron chi connectivity index (χ0n) is 37.0. The van der Waals surface area contributed by atoms with E-state index >= 15 is 0 Å². The van der Waals surface area contributed by atoms with Crippen LogP contribution in [0.25, 0.3) is 11.3 Å². The number of amides is 1. The zero-order chi connectivity index (χ0) is 43.6. The number of hydrogen-bond donors (Lipinski definition) is 1. The van der Waals surface area contributed by atoms with Gasteiger partial charge in [-0.25, -0.2) is 9.78 Å². The molecule has 1 N–H and O–H groups in total. The van der Waals surface area contributed by atoms with Gasteiger partial charge in [-0.3, -0.25) is 19.4 Å². The number of methoxy groups -OCH3 is 1. The third-order valence-electron chi connectivity index (χ3n) is 13.2. The Morgan fingerprint density at radius 1 is 1.07 bits per heavy atom. The van der Waals surface area contributed by atoms with Gasteiger partial charge in [0, 0.05) is 67.6 Å². The molecule has 1 amide bonds. The third kappa shape index (κ3) is 9.59. The second-order valence-electron chi connectivity index (χ2n) is 17.8. The van der Waals surface area contributed by atoms with Crippen LogP contribution < -0.4 is 0 Å². The lowest BCUT2D eigenvalue weighted by atomic mass is 9.73. The first-order chi connectivity index (χ1) is 27.8. The van der Waals surface area contributed by atoms with Gasteiger partial charge < -0.3 is 43.2 Å². The number of esters is 1. The van der Waals surface area contributed by atoms with Crippen LogP contribution in [0.15, 0.2) is 37.1 Å². The Bertz CT molecular complexity index is 1770. The van der Waals surface area contributed by atoms with Crippen molar-refractivity contribution in [2.24, 2.45) is 23.7 Å². The minimum absolute atomic E-state index is 0.0470. The van der Waals surface area contributed by atoms with Crippen molar-refractivity contribution >= 4 is 23.6 Å². The fourth-order valence-corrected chi connectivity index (χ4v) is 9.66. The van der Waals surface area contributed by atoms with Crippen molar-refractivity contribution in [3.8, 4) is 11.3 Å². The van der Waals surface area contributed by atoms with Crippen LogP contribution >= 0.6 is 0 Å². The molecule has 3 aliphatic heterocycles. The van der Waals surface area contributed by atoms with Gasteiger partial charge in [-0.2, -0.15) is 0 Å². The molecule has 15 heteroatoms. The van der Waals surface area contributed by atoms with Gasteiger partial charge >= 0.3 is 12.1 Å². The minimum Gasteiger partial charge on any atom is -0.458 e. The smallest absolute Gasteiger partial charge is 0.410 e. The molecule has 2 aromatic heterocycles. The molecule has 3 aliphatic rings. The van der Waals surface area contributed by atoms with E-state index in [0.717, 1.165) is 11.3 Å². The van der Waals surface area contributed by atoms with Gasteiger partial charge in [0.2, 0.25) is 0 Å². The summed E-state index contributed by atoms with van der Waals surface area (Å²) in [5.41, 5.74) is -0.956. The molecule has 2 aromatic rings. The summed E-state index contributed by atoms with van der Waals surface area (Å²) in [6.45, 7) is 16.4. The second kappa shape index (κ2) is 18.9. The number of aliphatic hydroxyl groups is 1. The SMILES string of the molecule is CC[C@H]1OC(=O)[C@H](C)C(=O)[C@H](C)[C@@H](OC2O[C@H](C)C[C@H](N(C)C)[C@H]2O)[C@](C)(OC)C[C@@H](C)C(=O)[C@H](C)[C@H]2N(CCCC(C)n3cnc(-c4cccnc4)c3)C(=O)O[C@]12C. The van der Waals surface area contributed by atoms with Crippen molar-refractivity contribution in [1.29, 1.82) is 0 Å². The summed E-state index contributed by atoms with van der Waals surface area (Å²) in [6, 6.07) is 2.79. The first-order valence-corrected chi connectivity index (χ1v) is 21.2. The van der Waals surface area contributed by atoms with Gasteiger partial charge in [0.15, 0.2) is 17.7 Å². The lowest BCUT2D eigenvalue weighted by Crippen LogP contribution is -2.60. The third-order valence-corrected chi connectivity index (χ3v) is 13.2. The Morgan fingerprint density at radius 3 is 2.41 bits per heavy atom. The molecule has 0 bridgehead atoms. The van der Waals surface area contributed by atoms with Crippen LogP contribution in [0.1, 0.15) is 100 Å². The van der Waals surface area contributed by atoms with Gasteiger partial charge in [0.1, 0.15) is 23.9 Å². The number of pyridine rings is 1. The Kier molecular flexibility index (Phi) is 14.8. The van der Waals surface area contributed by atoms with Crippen molar-refractivity contribution in [2.45, 2.75) is 154 Å². The van der Waals surface area contributed by atoms with E-state index < -0.39 is 83.4 Å². The van der Waals surface area contributed by atoms with Crippen molar-refractivity contribution in [2.75, 3.05) is 27.7 Å². The molecule has 5 heterocycles. The average molecular weight is 826 g/mol. The highest BCUT2D eigenvalue weighted by molar-refractivity contribution is 6.00. The monoisotopic (exact) mass is 825 g/mol. The summed E-state index contributed by atoms with van der Waals surface area (Å²) in [5, 5.41) is 11.5. The Hall–Kier alpha value is -3.76. The average Bonchev–Trinajstić information content (AvgIpc) is 3.81. The number of rotatable bonds is 11. The van der Waals surface area contributed by atoms with Gasteiger partial charge in [-0.15, -0.1) is 0 Å². The predicted octanol–water partition coefficient (Wildman–Crippen LogP) is 5.49. The Labute approximate surface area is 349 Å². The van der Waals surface area contributed by atoms with E-state index in [1.54, 1.807) is 51.3 Å². The molecule has 3 fully saturated rings. The molecule has 5 rings (SSSR count). The number of carbonyl (C=O) groups excluding carboxylic acids is 4. The maximum absolute atomic E-state index is 14.8. The molecule has 3 saturated heterocycles. The molecule has 0 spiro atoms. The summed E-state index contributed by atoms with van der Waals surface area (Å²) in [6.07, 6.45) is 4.45. The lowest BCUT2D eigenvalue weighted by molar-refractivity contribution is -0.295. The summed E-state index contributed by atoms with van der Waals surface area (Å²) < 4.78 is 33.3. The van der Waals surface area contributed by atoms with Crippen molar-refractivity contribution in [3.05, 3.63) is 37.1 Å². The molecule has 59 heavy (non-hydrogen) atoms. The number of cyclic esters (lactones) is 1. The van der Waals surface area contributed by atoms with Crippen molar-refractivity contribution in [3.63, 3.8) is 0 Å². The largest absolute Gasteiger partial charge is 0.458 e. The standard InChI is InChI=1S/C44H67N5O10/c1-13-34-44(9)38(49(42(54)59-44)19-15-16-26(3)48-23-32(46-24-48)31-17-14-18-45-22-31)28(5)35(50)25(2)21-43(8,55-12)39(29(6)36(51)30(7)40(53)57-34)58-41-37(52)33(47(10)11)20-27(4)56-41/h14,17-18,22-30,33-34,37-39,41,52H,13,15-16,19-21H2,1-12H3/t25-,26?,27-,28+,29+,30-,33+,34-,37-,38-,39-,41?,43-,44-/m1/s1. The molecule has 328 valence electrons. The summed E-state index contributed by atoms with van der Waals surface area (Å²) in [4.78, 5) is 69.3.